The number of fused-ring (bicyclic) bond motifs is 1. The first-order chi connectivity index (χ1) is 13.0. The molecule has 0 spiro atoms. The van der Waals surface area contributed by atoms with Gasteiger partial charge in [-0.25, -0.2) is 4.98 Å². The number of aryl methyl sites for hydroxylation is 1. The van der Waals surface area contributed by atoms with Crippen molar-refractivity contribution in [1.82, 2.24) is 4.98 Å². The quantitative estimate of drug-likeness (QED) is 0.396. The van der Waals surface area contributed by atoms with Crippen molar-refractivity contribution in [3.05, 3.63) is 81.3 Å². The van der Waals surface area contributed by atoms with Crippen LogP contribution in [0.25, 0.3) is 22.6 Å². The van der Waals surface area contributed by atoms with E-state index in [1.807, 2.05) is 37.3 Å². The standard InChI is InChI=1S/C21H14BrClN2O2/c1-12-2-3-14(21-25-18-11-16(23)8-9-19(18)27-21)10-17(12)24-20(26)13-4-6-15(22)7-5-13/h2-11H,1H3,(H,24,26). The number of nitrogens with one attached hydrogen (secondary N) is 1. The van der Waals surface area contributed by atoms with Gasteiger partial charge in [0, 0.05) is 26.3 Å². The van der Waals surface area contributed by atoms with Gasteiger partial charge in [0.15, 0.2) is 5.58 Å². The van der Waals surface area contributed by atoms with E-state index in [0.29, 0.717) is 33.3 Å². The molecular formula is C21H14BrClN2O2. The van der Waals surface area contributed by atoms with Crippen LogP contribution in [0.2, 0.25) is 5.02 Å². The van der Waals surface area contributed by atoms with Crippen molar-refractivity contribution in [2.45, 2.75) is 6.92 Å². The number of amides is 1. The Bertz CT molecular complexity index is 1150. The van der Waals surface area contributed by atoms with Gasteiger partial charge in [-0.3, -0.25) is 4.79 Å². The number of hydrogen-bond donors (Lipinski definition) is 1. The predicted octanol–water partition coefficient (Wildman–Crippen LogP) is 6.47. The summed E-state index contributed by atoms with van der Waals surface area (Å²) in [6.07, 6.45) is 0. The summed E-state index contributed by atoms with van der Waals surface area (Å²) < 4.78 is 6.74. The zero-order valence-corrected chi connectivity index (χ0v) is 16.6. The molecular weight excluding hydrogens is 428 g/mol. The molecule has 1 heterocycles. The van der Waals surface area contributed by atoms with E-state index in [4.69, 9.17) is 16.0 Å². The second-order valence-electron chi connectivity index (χ2n) is 6.12. The Morgan fingerprint density at radius 1 is 1.07 bits per heavy atom. The van der Waals surface area contributed by atoms with Crippen LogP contribution in [0.3, 0.4) is 0 Å². The van der Waals surface area contributed by atoms with Gasteiger partial charge in [-0.2, -0.15) is 0 Å². The molecule has 0 unspecified atom stereocenters. The van der Waals surface area contributed by atoms with Crippen LogP contribution in [0.5, 0.6) is 0 Å². The lowest BCUT2D eigenvalue weighted by molar-refractivity contribution is 0.102. The number of carbonyl (C=O) groups excluding carboxylic acids is 1. The summed E-state index contributed by atoms with van der Waals surface area (Å²) in [4.78, 5) is 17.0. The Morgan fingerprint density at radius 2 is 1.85 bits per heavy atom. The third-order valence-electron chi connectivity index (χ3n) is 4.19. The zero-order valence-electron chi connectivity index (χ0n) is 14.3. The average molecular weight is 442 g/mol. The Morgan fingerprint density at radius 3 is 2.63 bits per heavy atom. The maximum absolute atomic E-state index is 12.5. The monoisotopic (exact) mass is 440 g/mol. The van der Waals surface area contributed by atoms with Crippen LogP contribution in [0.1, 0.15) is 15.9 Å². The minimum absolute atomic E-state index is 0.174. The van der Waals surface area contributed by atoms with Gasteiger partial charge in [0.1, 0.15) is 5.52 Å². The van der Waals surface area contributed by atoms with E-state index in [-0.39, 0.29) is 5.91 Å². The summed E-state index contributed by atoms with van der Waals surface area (Å²) in [5.74, 6) is 0.304. The molecule has 0 saturated heterocycles. The van der Waals surface area contributed by atoms with Crippen molar-refractivity contribution in [2.75, 3.05) is 5.32 Å². The number of carbonyl (C=O) groups is 1. The number of oxazole rings is 1. The molecule has 27 heavy (non-hydrogen) atoms. The zero-order chi connectivity index (χ0) is 19.0. The molecule has 3 aromatic carbocycles. The third kappa shape index (κ3) is 3.75. The normalized spacial score (nSPS) is 10.9. The first-order valence-electron chi connectivity index (χ1n) is 8.23. The minimum atomic E-state index is -0.174. The summed E-state index contributed by atoms with van der Waals surface area (Å²) in [6, 6.07) is 18.2. The first kappa shape index (κ1) is 17.8. The topological polar surface area (TPSA) is 55.1 Å². The molecule has 0 saturated carbocycles. The molecule has 0 aliphatic heterocycles. The number of rotatable bonds is 3. The molecule has 0 bridgehead atoms. The Labute approximate surface area is 169 Å². The maximum atomic E-state index is 12.5. The summed E-state index contributed by atoms with van der Waals surface area (Å²) in [6.45, 7) is 1.94. The minimum Gasteiger partial charge on any atom is -0.436 e. The molecule has 4 nitrogen and oxygen atoms in total. The average Bonchev–Trinajstić information content (AvgIpc) is 3.07. The second-order valence-corrected chi connectivity index (χ2v) is 7.47. The Balaban J connectivity index is 1.66. The summed E-state index contributed by atoms with van der Waals surface area (Å²) in [5.41, 5.74) is 4.37. The molecule has 4 rings (SSSR count). The largest absolute Gasteiger partial charge is 0.436 e. The Hall–Kier alpha value is -2.63. The number of halogens is 2. The van der Waals surface area contributed by atoms with Gasteiger partial charge in [0.05, 0.1) is 0 Å². The van der Waals surface area contributed by atoms with Crippen molar-refractivity contribution in [1.29, 1.82) is 0 Å². The highest BCUT2D eigenvalue weighted by atomic mass is 79.9. The van der Waals surface area contributed by atoms with Crippen LogP contribution in [0.15, 0.2) is 69.6 Å². The van der Waals surface area contributed by atoms with Crippen molar-refractivity contribution < 1.29 is 9.21 Å². The van der Waals surface area contributed by atoms with Crippen LogP contribution in [-0.2, 0) is 0 Å². The SMILES string of the molecule is Cc1ccc(-c2nc3cc(Cl)ccc3o2)cc1NC(=O)c1ccc(Br)cc1. The molecule has 0 atom stereocenters. The fourth-order valence-electron chi connectivity index (χ4n) is 2.71. The van der Waals surface area contributed by atoms with Crippen molar-refractivity contribution in [2.24, 2.45) is 0 Å². The second kappa shape index (κ2) is 7.18. The number of nitrogens with zero attached hydrogens (tertiary/aromatic N) is 1. The van der Waals surface area contributed by atoms with Gasteiger partial charge in [0.2, 0.25) is 5.89 Å². The predicted molar refractivity (Wildman–Crippen MR) is 111 cm³/mol. The van der Waals surface area contributed by atoms with Gasteiger partial charge in [-0.1, -0.05) is 33.6 Å². The fraction of sp³-hybridized carbons (Fsp3) is 0.0476. The number of anilines is 1. The lowest BCUT2D eigenvalue weighted by atomic mass is 10.1. The van der Waals surface area contributed by atoms with Crippen LogP contribution in [0, 0.1) is 6.92 Å². The summed E-state index contributed by atoms with van der Waals surface area (Å²) in [5, 5.41) is 3.56. The van der Waals surface area contributed by atoms with E-state index in [9.17, 15) is 4.79 Å². The molecule has 6 heteroatoms. The molecule has 1 amide bonds. The molecule has 0 aliphatic carbocycles. The molecule has 4 aromatic rings. The van der Waals surface area contributed by atoms with E-state index in [0.717, 1.165) is 15.6 Å². The van der Waals surface area contributed by atoms with Gasteiger partial charge in [-0.05, 0) is 67.1 Å². The summed E-state index contributed by atoms with van der Waals surface area (Å²) in [7, 11) is 0. The smallest absolute Gasteiger partial charge is 0.255 e. The van der Waals surface area contributed by atoms with E-state index >= 15 is 0 Å². The lowest BCUT2D eigenvalue weighted by Crippen LogP contribution is -2.12. The van der Waals surface area contributed by atoms with Crippen LogP contribution >= 0.6 is 27.5 Å². The molecule has 134 valence electrons. The van der Waals surface area contributed by atoms with Crippen LogP contribution in [-0.4, -0.2) is 10.9 Å². The van der Waals surface area contributed by atoms with E-state index < -0.39 is 0 Å². The molecule has 0 aliphatic rings. The fourth-order valence-corrected chi connectivity index (χ4v) is 3.14. The van der Waals surface area contributed by atoms with Crippen LogP contribution < -0.4 is 5.32 Å². The molecule has 0 fully saturated rings. The lowest BCUT2D eigenvalue weighted by Gasteiger charge is -2.10. The van der Waals surface area contributed by atoms with E-state index in [1.54, 1.807) is 30.3 Å². The first-order valence-corrected chi connectivity index (χ1v) is 9.41. The third-order valence-corrected chi connectivity index (χ3v) is 4.95. The van der Waals surface area contributed by atoms with Crippen molar-refractivity contribution in [3.63, 3.8) is 0 Å². The Kier molecular flexibility index (Phi) is 4.72. The van der Waals surface area contributed by atoms with Gasteiger partial charge >= 0.3 is 0 Å². The van der Waals surface area contributed by atoms with Gasteiger partial charge < -0.3 is 9.73 Å². The number of aromatic nitrogens is 1. The van der Waals surface area contributed by atoms with Crippen molar-refractivity contribution in [3.8, 4) is 11.5 Å². The number of benzene rings is 3. The molecule has 1 N–H and O–H groups in total. The highest BCUT2D eigenvalue weighted by Crippen LogP contribution is 2.29. The van der Waals surface area contributed by atoms with Crippen LogP contribution in [0.4, 0.5) is 5.69 Å². The number of hydrogen-bond acceptors (Lipinski definition) is 3. The summed E-state index contributed by atoms with van der Waals surface area (Å²) >= 11 is 9.38. The van der Waals surface area contributed by atoms with E-state index in [2.05, 4.69) is 26.2 Å². The van der Waals surface area contributed by atoms with Gasteiger partial charge in [0.25, 0.3) is 5.91 Å². The van der Waals surface area contributed by atoms with Gasteiger partial charge in [-0.15, -0.1) is 0 Å². The highest BCUT2D eigenvalue weighted by molar-refractivity contribution is 9.10. The van der Waals surface area contributed by atoms with Crippen molar-refractivity contribution >= 4 is 50.2 Å². The maximum Gasteiger partial charge on any atom is 0.255 e. The molecule has 1 aromatic heterocycles. The molecule has 0 radical (unpaired) electrons. The highest BCUT2D eigenvalue weighted by Gasteiger charge is 2.12. The van der Waals surface area contributed by atoms with E-state index in [1.165, 1.54) is 0 Å².